The minimum absolute atomic E-state index is 0.191. The van der Waals surface area contributed by atoms with E-state index >= 15 is 0 Å². The molecule has 2 nitrogen and oxygen atoms in total. The van der Waals surface area contributed by atoms with E-state index in [4.69, 9.17) is 24.4 Å². The fourth-order valence-electron chi connectivity index (χ4n) is 6.22. The van der Waals surface area contributed by atoms with Gasteiger partial charge in [-0.15, -0.1) is 0 Å². The summed E-state index contributed by atoms with van der Waals surface area (Å²) >= 11 is 10.2. The van der Waals surface area contributed by atoms with Gasteiger partial charge in [0.25, 0.3) is 0 Å². The predicted octanol–water partition coefficient (Wildman–Crippen LogP) is 12.7. The molecule has 0 aromatic carbocycles. The first-order chi connectivity index (χ1) is 18.4. The first-order valence-electron chi connectivity index (χ1n) is 16.8. The smallest absolute Gasteiger partial charge is 0.156 e. The summed E-state index contributed by atoms with van der Waals surface area (Å²) in [7, 11) is 0. The molecule has 0 aliphatic rings. The lowest BCUT2D eigenvalue weighted by molar-refractivity contribution is 0.312. The maximum Gasteiger partial charge on any atom is 0.156 e. The number of hydrogen-bond acceptors (Lipinski definition) is 2. The van der Waals surface area contributed by atoms with E-state index < -0.39 is 0 Å². The van der Waals surface area contributed by atoms with Gasteiger partial charge >= 0.3 is 0 Å². The molecular formula is C34H66O2S2. The maximum absolute atomic E-state index is 9.90. The Labute approximate surface area is 249 Å². The summed E-state index contributed by atoms with van der Waals surface area (Å²) in [6.45, 7) is 9.17. The zero-order valence-corrected chi connectivity index (χ0v) is 27.6. The highest BCUT2D eigenvalue weighted by atomic mass is 32.1. The van der Waals surface area contributed by atoms with Gasteiger partial charge in [-0.25, -0.2) is 0 Å². The quantitative estimate of drug-likeness (QED) is 0.0693. The molecule has 226 valence electrons. The van der Waals surface area contributed by atoms with Gasteiger partial charge in [0.2, 0.25) is 0 Å². The van der Waals surface area contributed by atoms with Gasteiger partial charge in [0, 0.05) is 12.8 Å². The van der Waals surface area contributed by atoms with Gasteiger partial charge in [0.1, 0.15) is 0 Å². The third kappa shape index (κ3) is 23.6. The SMILES string of the molecule is CCCCCC(CCCC)CCC(CCCCC(CCC(CCCC)CCCCC)CC(O)=S)CC(O)=S. The topological polar surface area (TPSA) is 40.5 Å². The van der Waals surface area contributed by atoms with Crippen molar-refractivity contribution in [2.75, 3.05) is 0 Å². The van der Waals surface area contributed by atoms with E-state index in [9.17, 15) is 10.2 Å². The summed E-state index contributed by atoms with van der Waals surface area (Å²) in [4.78, 5) is 0. The summed E-state index contributed by atoms with van der Waals surface area (Å²) in [5.41, 5.74) is 0. The maximum atomic E-state index is 9.90. The van der Waals surface area contributed by atoms with Crippen LogP contribution in [0.25, 0.3) is 0 Å². The lowest BCUT2D eigenvalue weighted by Crippen LogP contribution is -2.12. The number of hydrogen-bond donors (Lipinski definition) is 2. The molecule has 0 amide bonds. The first kappa shape index (κ1) is 37.8. The van der Waals surface area contributed by atoms with Gasteiger partial charge in [0.05, 0.1) is 0 Å². The Balaban J connectivity index is 4.73. The van der Waals surface area contributed by atoms with Gasteiger partial charge in [-0.1, -0.05) is 143 Å². The minimum Gasteiger partial charge on any atom is -0.502 e. The first-order valence-corrected chi connectivity index (χ1v) is 17.6. The summed E-state index contributed by atoms with van der Waals surface area (Å²) < 4.78 is 0. The molecule has 4 atom stereocenters. The lowest BCUT2D eigenvalue weighted by atomic mass is 9.84. The van der Waals surface area contributed by atoms with Crippen molar-refractivity contribution in [1.29, 1.82) is 0 Å². The molecule has 0 fully saturated rings. The standard InChI is InChI=1S/C34H66O2S2/c1-5-9-13-19-29(17-11-7-3)23-25-31(27-33(35)37)21-15-16-22-32(28-34(36)38)26-24-30(18-12-8-4)20-14-10-6-2/h29-32H,5-28H2,1-4H3,(H,35,37)(H,36,38). The molecule has 38 heavy (non-hydrogen) atoms. The second kappa shape index (κ2) is 27.0. The lowest BCUT2D eigenvalue weighted by Gasteiger charge is -2.23. The molecule has 0 spiro atoms. The zero-order valence-electron chi connectivity index (χ0n) is 26.0. The van der Waals surface area contributed by atoms with Crippen molar-refractivity contribution in [3.05, 3.63) is 0 Å². The molecule has 0 rings (SSSR count). The van der Waals surface area contributed by atoms with Crippen LogP contribution < -0.4 is 0 Å². The molecule has 0 saturated heterocycles. The zero-order chi connectivity index (χ0) is 28.4. The van der Waals surface area contributed by atoms with Crippen LogP contribution in [0.1, 0.15) is 182 Å². The number of aliphatic hydroxyl groups excluding tert-OH is 2. The molecule has 2 N–H and O–H groups in total. The Morgan fingerprint density at radius 3 is 0.974 bits per heavy atom. The van der Waals surface area contributed by atoms with Crippen LogP contribution in [0.4, 0.5) is 0 Å². The molecule has 4 unspecified atom stereocenters. The largest absolute Gasteiger partial charge is 0.502 e. The van der Waals surface area contributed by atoms with Crippen LogP contribution >= 0.6 is 24.4 Å². The highest BCUT2D eigenvalue weighted by Crippen LogP contribution is 2.30. The van der Waals surface area contributed by atoms with Crippen LogP contribution in [-0.4, -0.2) is 20.3 Å². The Hall–Kier alpha value is -0.220. The fraction of sp³-hybridized carbons (Fsp3) is 0.941. The van der Waals surface area contributed by atoms with Gasteiger partial charge in [-0.2, -0.15) is 0 Å². The molecule has 0 radical (unpaired) electrons. The van der Waals surface area contributed by atoms with Crippen LogP contribution in [0.2, 0.25) is 0 Å². The van der Waals surface area contributed by atoms with E-state index in [-0.39, 0.29) is 10.1 Å². The summed E-state index contributed by atoms with van der Waals surface area (Å²) in [6.07, 6.45) is 29.7. The van der Waals surface area contributed by atoms with Gasteiger partial charge in [0.15, 0.2) is 10.1 Å². The predicted molar refractivity (Wildman–Crippen MR) is 178 cm³/mol. The van der Waals surface area contributed by atoms with Crippen molar-refractivity contribution in [2.24, 2.45) is 23.7 Å². The second-order valence-corrected chi connectivity index (χ2v) is 13.3. The molecule has 0 bridgehead atoms. The van der Waals surface area contributed by atoms with Gasteiger partial charge in [-0.3, -0.25) is 0 Å². The molecule has 0 aliphatic carbocycles. The second-order valence-electron chi connectivity index (χ2n) is 12.4. The van der Waals surface area contributed by atoms with Crippen LogP contribution in [0.15, 0.2) is 0 Å². The van der Waals surface area contributed by atoms with Crippen molar-refractivity contribution >= 4 is 34.5 Å². The Morgan fingerprint density at radius 1 is 0.395 bits per heavy atom. The monoisotopic (exact) mass is 570 g/mol. The van der Waals surface area contributed by atoms with Crippen molar-refractivity contribution < 1.29 is 10.2 Å². The van der Waals surface area contributed by atoms with Crippen LogP contribution in [0, 0.1) is 23.7 Å². The van der Waals surface area contributed by atoms with E-state index in [1.165, 1.54) is 128 Å². The third-order valence-corrected chi connectivity index (χ3v) is 9.06. The van der Waals surface area contributed by atoms with Crippen LogP contribution in [0.5, 0.6) is 0 Å². The van der Waals surface area contributed by atoms with E-state index in [0.717, 1.165) is 24.7 Å². The van der Waals surface area contributed by atoms with E-state index in [1.54, 1.807) is 0 Å². The molecular weight excluding hydrogens is 505 g/mol. The third-order valence-electron chi connectivity index (χ3n) is 8.73. The fourth-order valence-corrected chi connectivity index (χ4v) is 6.69. The molecule has 0 aliphatic heterocycles. The van der Waals surface area contributed by atoms with Crippen LogP contribution in [0.3, 0.4) is 0 Å². The highest BCUT2D eigenvalue weighted by Gasteiger charge is 2.18. The number of rotatable bonds is 29. The molecule has 4 heteroatoms. The van der Waals surface area contributed by atoms with Crippen LogP contribution in [-0.2, 0) is 0 Å². The van der Waals surface area contributed by atoms with E-state index in [0.29, 0.717) is 24.7 Å². The van der Waals surface area contributed by atoms with E-state index in [1.807, 2.05) is 0 Å². The van der Waals surface area contributed by atoms with E-state index in [2.05, 4.69) is 27.7 Å². The van der Waals surface area contributed by atoms with Gasteiger partial charge in [-0.05, 0) is 73.8 Å². The molecule has 0 aromatic heterocycles. The Morgan fingerprint density at radius 2 is 0.658 bits per heavy atom. The van der Waals surface area contributed by atoms with Crippen molar-refractivity contribution in [2.45, 2.75) is 182 Å². The average molecular weight is 571 g/mol. The summed E-state index contributed by atoms with van der Waals surface area (Å²) in [5, 5.41) is 20.2. The normalized spacial score (nSPS) is 14.7. The molecule has 0 heterocycles. The summed E-state index contributed by atoms with van der Waals surface area (Å²) in [6, 6.07) is 0. The number of unbranched alkanes of at least 4 members (excludes halogenated alkanes) is 7. The van der Waals surface area contributed by atoms with Crippen molar-refractivity contribution in [3.8, 4) is 0 Å². The minimum atomic E-state index is 0.191. The molecule has 0 saturated carbocycles. The highest BCUT2D eigenvalue weighted by molar-refractivity contribution is 7.80. The number of aliphatic hydroxyl groups is 2. The number of thiocarbonyl (C=S) groups is 2. The van der Waals surface area contributed by atoms with Crippen molar-refractivity contribution in [1.82, 2.24) is 0 Å². The van der Waals surface area contributed by atoms with Crippen molar-refractivity contribution in [3.63, 3.8) is 0 Å². The summed E-state index contributed by atoms with van der Waals surface area (Å²) in [5.74, 6) is 2.70. The average Bonchev–Trinajstić information content (AvgIpc) is 2.87. The molecule has 0 aromatic rings. The Bertz CT molecular complexity index is 503. The van der Waals surface area contributed by atoms with Gasteiger partial charge < -0.3 is 10.2 Å². The Kier molecular flexibility index (Phi) is 26.8.